The molecule has 0 aliphatic heterocycles. The van der Waals surface area contributed by atoms with Crippen LogP contribution < -0.4 is 0 Å². The van der Waals surface area contributed by atoms with Gasteiger partial charge in [0.05, 0.1) is 0 Å². The third-order valence-corrected chi connectivity index (χ3v) is 4.34. The van der Waals surface area contributed by atoms with Crippen molar-refractivity contribution >= 4 is 66.4 Å². The SMILES string of the molecule is CCCCC(=O)O[Si](OCC)(OCC)OCC.[K]. The molecule has 0 atom stereocenters. The van der Waals surface area contributed by atoms with E-state index >= 15 is 0 Å². The predicted octanol–water partition coefficient (Wildman–Crippen LogP) is 1.88. The Kier molecular flexibility index (Phi) is 15.8. The summed E-state index contributed by atoms with van der Waals surface area (Å²) < 4.78 is 21.5. The van der Waals surface area contributed by atoms with E-state index in [1.54, 1.807) is 0 Å². The number of hydrogen-bond donors (Lipinski definition) is 0. The van der Waals surface area contributed by atoms with Gasteiger partial charge >= 0.3 is 9.05 Å². The molecule has 7 heteroatoms. The molecule has 0 spiro atoms. The maximum Gasteiger partial charge on any atom is 0.751 e. The fourth-order valence-corrected chi connectivity index (χ4v) is 3.12. The molecule has 0 rings (SSSR count). The van der Waals surface area contributed by atoms with Crippen molar-refractivity contribution in [2.24, 2.45) is 0 Å². The first kappa shape index (κ1) is 21.5. The van der Waals surface area contributed by atoms with Gasteiger partial charge in [-0.3, -0.25) is 4.79 Å². The van der Waals surface area contributed by atoms with E-state index in [9.17, 15) is 4.79 Å². The van der Waals surface area contributed by atoms with Crippen LogP contribution in [0, 0.1) is 0 Å². The summed E-state index contributed by atoms with van der Waals surface area (Å²) in [6.07, 6.45) is 2.12. The summed E-state index contributed by atoms with van der Waals surface area (Å²) in [6, 6.07) is 0. The van der Waals surface area contributed by atoms with Gasteiger partial charge in [0.25, 0.3) is 5.97 Å². The average Bonchev–Trinajstić information content (AvgIpc) is 2.27. The van der Waals surface area contributed by atoms with Crippen LogP contribution >= 0.6 is 0 Å². The maximum absolute atomic E-state index is 11.6. The maximum atomic E-state index is 11.6. The van der Waals surface area contributed by atoms with Gasteiger partial charge in [0.15, 0.2) is 0 Å². The largest absolute Gasteiger partial charge is 0.751 e. The Labute approximate surface area is 154 Å². The van der Waals surface area contributed by atoms with Crippen molar-refractivity contribution in [1.29, 1.82) is 0 Å². The third-order valence-electron chi connectivity index (χ3n) is 1.94. The second-order valence-corrected chi connectivity index (χ2v) is 5.45. The van der Waals surface area contributed by atoms with Gasteiger partial charge in [0.1, 0.15) is 0 Å². The molecule has 0 fully saturated rings. The molecule has 1 radical (unpaired) electrons. The van der Waals surface area contributed by atoms with Crippen LogP contribution in [-0.4, -0.2) is 86.2 Å². The summed E-state index contributed by atoms with van der Waals surface area (Å²) in [5, 5.41) is 0. The van der Waals surface area contributed by atoms with E-state index in [-0.39, 0.29) is 57.4 Å². The normalized spacial score (nSPS) is 10.9. The summed E-state index contributed by atoms with van der Waals surface area (Å²) in [5.74, 6) is -0.311. The number of hydrogen-bond acceptors (Lipinski definition) is 5. The van der Waals surface area contributed by atoms with Crippen molar-refractivity contribution in [2.75, 3.05) is 19.8 Å². The van der Waals surface area contributed by atoms with Gasteiger partial charge < -0.3 is 17.7 Å². The van der Waals surface area contributed by atoms with Crippen LogP contribution in [0.3, 0.4) is 0 Å². The molecule has 0 heterocycles. The number of unbranched alkanes of at least 4 members (excludes halogenated alkanes) is 1. The molecule has 0 aromatic rings. The first-order valence-corrected chi connectivity index (χ1v) is 7.91. The molecular weight excluding hydrogens is 279 g/mol. The fraction of sp³-hybridized carbons (Fsp3) is 0.909. The van der Waals surface area contributed by atoms with E-state index in [1.807, 2.05) is 27.7 Å². The van der Waals surface area contributed by atoms with E-state index in [4.69, 9.17) is 17.7 Å². The van der Waals surface area contributed by atoms with Crippen molar-refractivity contribution in [2.45, 2.75) is 47.0 Å². The van der Waals surface area contributed by atoms with Crippen LogP contribution in [0.2, 0.25) is 0 Å². The molecule has 0 aromatic heterocycles. The van der Waals surface area contributed by atoms with E-state index in [1.165, 1.54) is 0 Å². The smallest absolute Gasteiger partial charge is 0.452 e. The zero-order valence-electron chi connectivity index (χ0n) is 12.3. The van der Waals surface area contributed by atoms with Gasteiger partial charge in [-0.05, 0) is 27.2 Å². The third kappa shape index (κ3) is 9.16. The quantitative estimate of drug-likeness (QED) is 0.577. The van der Waals surface area contributed by atoms with Crippen LogP contribution in [0.5, 0.6) is 0 Å². The van der Waals surface area contributed by atoms with Crippen LogP contribution in [0.15, 0.2) is 0 Å². The molecule has 103 valence electrons. The van der Waals surface area contributed by atoms with E-state index in [0.717, 1.165) is 12.8 Å². The predicted molar refractivity (Wildman–Crippen MR) is 72.0 cm³/mol. The van der Waals surface area contributed by atoms with E-state index < -0.39 is 9.05 Å². The minimum Gasteiger partial charge on any atom is -0.452 e. The van der Waals surface area contributed by atoms with Gasteiger partial charge in [-0.1, -0.05) is 13.3 Å². The Morgan fingerprint density at radius 2 is 1.39 bits per heavy atom. The molecule has 0 amide bonds. The summed E-state index contributed by atoms with van der Waals surface area (Å²) >= 11 is 0. The van der Waals surface area contributed by atoms with Crippen molar-refractivity contribution < 1.29 is 22.5 Å². The van der Waals surface area contributed by atoms with Crippen LogP contribution in [0.4, 0.5) is 0 Å². The van der Waals surface area contributed by atoms with E-state index in [2.05, 4.69) is 0 Å². The summed E-state index contributed by atoms with van der Waals surface area (Å²) in [6.45, 7) is 8.67. The van der Waals surface area contributed by atoms with E-state index in [0.29, 0.717) is 26.2 Å². The Hall–Kier alpha value is 1.20. The van der Waals surface area contributed by atoms with Gasteiger partial charge in [-0.25, -0.2) is 0 Å². The standard InChI is InChI=1S/C11H24O5Si.K/c1-5-9-10-11(12)16-17(13-6-2,14-7-3)15-8-4;/h5-10H2,1-4H3;. The Bertz CT molecular complexity index is 199. The van der Waals surface area contributed by atoms with Crippen molar-refractivity contribution in [3.8, 4) is 0 Å². The summed E-state index contributed by atoms with van der Waals surface area (Å²) in [4.78, 5) is 11.6. The molecule has 0 saturated heterocycles. The summed E-state index contributed by atoms with van der Waals surface area (Å²) in [5.41, 5.74) is 0. The number of carbonyl (C=O) groups excluding carboxylic acids is 1. The fourth-order valence-electron chi connectivity index (χ4n) is 1.26. The minimum atomic E-state index is -3.26. The van der Waals surface area contributed by atoms with Gasteiger partial charge in [-0.15, -0.1) is 0 Å². The molecule has 0 N–H and O–H groups in total. The molecule has 0 aromatic carbocycles. The van der Waals surface area contributed by atoms with Crippen molar-refractivity contribution in [3.05, 3.63) is 0 Å². The molecule has 0 aliphatic carbocycles. The monoisotopic (exact) mass is 303 g/mol. The molecule has 18 heavy (non-hydrogen) atoms. The molecular formula is C11H24KO5Si. The zero-order valence-corrected chi connectivity index (χ0v) is 16.4. The number of carbonyl (C=O) groups is 1. The van der Waals surface area contributed by atoms with Crippen LogP contribution in [-0.2, 0) is 22.5 Å². The van der Waals surface area contributed by atoms with Crippen LogP contribution in [0.25, 0.3) is 0 Å². The first-order valence-electron chi connectivity index (χ1n) is 6.27. The average molecular weight is 303 g/mol. The molecule has 0 saturated carbocycles. The minimum absolute atomic E-state index is 0. The second-order valence-electron chi connectivity index (χ2n) is 3.38. The zero-order chi connectivity index (χ0) is 13.1. The molecule has 0 aliphatic rings. The molecule has 0 bridgehead atoms. The Morgan fingerprint density at radius 3 is 1.72 bits per heavy atom. The van der Waals surface area contributed by atoms with Crippen LogP contribution in [0.1, 0.15) is 47.0 Å². The van der Waals surface area contributed by atoms with Gasteiger partial charge in [0, 0.05) is 77.6 Å². The van der Waals surface area contributed by atoms with Crippen molar-refractivity contribution in [3.63, 3.8) is 0 Å². The molecule has 5 nitrogen and oxygen atoms in total. The Balaban J connectivity index is 0. The molecule has 0 unspecified atom stereocenters. The van der Waals surface area contributed by atoms with Gasteiger partial charge in [0.2, 0.25) is 0 Å². The second kappa shape index (κ2) is 13.2. The van der Waals surface area contributed by atoms with Crippen molar-refractivity contribution in [1.82, 2.24) is 0 Å². The first-order chi connectivity index (χ1) is 8.14. The number of rotatable bonds is 10. The topological polar surface area (TPSA) is 54.0 Å². The Morgan fingerprint density at radius 1 is 0.944 bits per heavy atom. The summed E-state index contributed by atoms with van der Waals surface area (Å²) in [7, 11) is -3.26. The van der Waals surface area contributed by atoms with Gasteiger partial charge in [-0.2, -0.15) is 0 Å².